The summed E-state index contributed by atoms with van der Waals surface area (Å²) in [6.07, 6.45) is -2.94. The average molecular weight is 579 g/mol. The van der Waals surface area contributed by atoms with Gasteiger partial charge >= 0.3 is 5.69 Å². The molecular formula is C31H29F3N4O4. The lowest BCUT2D eigenvalue weighted by molar-refractivity contribution is 0.0787. The molecule has 6 rings (SSSR count). The Morgan fingerprint density at radius 1 is 1.07 bits per heavy atom. The summed E-state index contributed by atoms with van der Waals surface area (Å²) >= 11 is 0. The molecule has 3 aromatic carbocycles. The Bertz CT molecular complexity index is 2000. The number of benzene rings is 3. The fourth-order valence-corrected chi connectivity index (χ4v) is 6.27. The van der Waals surface area contributed by atoms with E-state index in [9.17, 15) is 28.6 Å². The highest BCUT2D eigenvalue weighted by Crippen LogP contribution is 2.49. The Kier molecular flexibility index (Phi) is 6.45. The molecule has 0 saturated heterocycles. The van der Waals surface area contributed by atoms with Crippen LogP contribution in [0, 0.1) is 18.6 Å². The molecule has 42 heavy (non-hydrogen) atoms. The Morgan fingerprint density at radius 3 is 2.50 bits per heavy atom. The molecule has 8 nitrogen and oxygen atoms in total. The molecule has 4 unspecified atom stereocenters. The summed E-state index contributed by atoms with van der Waals surface area (Å²) in [5.74, 6) is -3.65. The number of aromatic amines is 2. The van der Waals surface area contributed by atoms with Crippen molar-refractivity contribution in [1.29, 1.82) is 0 Å². The van der Waals surface area contributed by atoms with E-state index in [0.717, 1.165) is 10.6 Å². The van der Waals surface area contributed by atoms with Crippen molar-refractivity contribution in [2.45, 2.75) is 57.0 Å². The third-order valence-electron chi connectivity index (χ3n) is 8.36. The number of aliphatic hydroxyl groups excluding tert-OH is 1. The summed E-state index contributed by atoms with van der Waals surface area (Å²) in [5, 5.41) is 21.2. The van der Waals surface area contributed by atoms with Gasteiger partial charge in [-0.15, -0.1) is 0 Å². The maximum atomic E-state index is 16.2. The molecule has 0 aliphatic heterocycles. The van der Waals surface area contributed by atoms with E-state index >= 15 is 4.39 Å². The molecular weight excluding hydrogens is 549 g/mol. The predicted molar refractivity (Wildman–Crippen MR) is 153 cm³/mol. The molecule has 218 valence electrons. The SMILES string of the molecule is Cc1c(C2c3c([nH]c4cc(C(C)(C)O)ccc34)C(C(N)O)CC2F)cccc1-n1c(=O)[nH]c2c(F)cc(F)cc2c1=O. The Balaban J connectivity index is 1.59. The smallest absolute Gasteiger partial charge is 0.333 e. The first kappa shape index (κ1) is 28.0. The van der Waals surface area contributed by atoms with Crippen molar-refractivity contribution in [2.24, 2.45) is 5.73 Å². The monoisotopic (exact) mass is 578 g/mol. The number of hydrogen-bond acceptors (Lipinski definition) is 5. The summed E-state index contributed by atoms with van der Waals surface area (Å²) in [5.41, 5.74) is 5.89. The van der Waals surface area contributed by atoms with Crippen LogP contribution in [0.1, 0.15) is 60.1 Å². The minimum atomic E-state index is -1.50. The quantitative estimate of drug-likeness (QED) is 0.204. The highest BCUT2D eigenvalue weighted by atomic mass is 19.1. The molecule has 5 aromatic rings. The van der Waals surface area contributed by atoms with E-state index in [4.69, 9.17) is 5.73 Å². The first-order valence-electron chi connectivity index (χ1n) is 13.5. The summed E-state index contributed by atoms with van der Waals surface area (Å²) in [6.45, 7) is 4.94. The van der Waals surface area contributed by atoms with Gasteiger partial charge in [0.1, 0.15) is 18.2 Å². The highest BCUT2D eigenvalue weighted by Gasteiger charge is 2.41. The van der Waals surface area contributed by atoms with Crippen LogP contribution < -0.4 is 17.0 Å². The maximum Gasteiger partial charge on any atom is 0.333 e. The topological polar surface area (TPSA) is 137 Å². The minimum Gasteiger partial charge on any atom is -0.386 e. The van der Waals surface area contributed by atoms with Crippen molar-refractivity contribution in [2.75, 3.05) is 0 Å². The number of fused-ring (bicyclic) bond motifs is 4. The minimum absolute atomic E-state index is 0.0980. The number of halogens is 3. The fraction of sp³-hybridized carbons (Fsp3) is 0.290. The summed E-state index contributed by atoms with van der Waals surface area (Å²) in [6, 6.07) is 11.5. The van der Waals surface area contributed by atoms with E-state index < -0.39 is 58.2 Å². The van der Waals surface area contributed by atoms with Crippen LogP contribution in [-0.4, -0.2) is 37.1 Å². The Hall–Kier alpha value is -4.19. The molecule has 0 spiro atoms. The zero-order valence-electron chi connectivity index (χ0n) is 23.0. The van der Waals surface area contributed by atoms with Gasteiger partial charge in [-0.1, -0.05) is 24.3 Å². The van der Waals surface area contributed by atoms with E-state index in [1.54, 1.807) is 51.1 Å². The third kappa shape index (κ3) is 4.27. The van der Waals surface area contributed by atoms with E-state index in [0.29, 0.717) is 44.9 Å². The molecule has 4 atom stereocenters. The number of aromatic nitrogens is 3. The second kappa shape index (κ2) is 9.69. The fourth-order valence-electron chi connectivity index (χ4n) is 6.27. The summed E-state index contributed by atoms with van der Waals surface area (Å²) in [7, 11) is 0. The number of nitrogens with zero attached hydrogens (tertiary/aromatic N) is 1. The first-order valence-corrected chi connectivity index (χ1v) is 13.5. The molecule has 2 heterocycles. The van der Waals surface area contributed by atoms with Crippen LogP contribution in [0.25, 0.3) is 27.5 Å². The number of nitrogens with one attached hydrogen (secondary N) is 2. The Labute approximate surface area is 237 Å². The highest BCUT2D eigenvalue weighted by molar-refractivity contribution is 5.87. The van der Waals surface area contributed by atoms with Crippen LogP contribution in [0.5, 0.6) is 0 Å². The number of aliphatic hydroxyl groups is 2. The van der Waals surface area contributed by atoms with E-state index in [2.05, 4.69) is 9.97 Å². The molecule has 0 amide bonds. The third-order valence-corrected chi connectivity index (χ3v) is 8.36. The van der Waals surface area contributed by atoms with E-state index in [1.807, 2.05) is 0 Å². The average Bonchev–Trinajstić information content (AvgIpc) is 3.28. The van der Waals surface area contributed by atoms with Gasteiger partial charge in [-0.25, -0.2) is 22.5 Å². The molecule has 0 radical (unpaired) electrons. The lowest BCUT2D eigenvalue weighted by atomic mass is 9.73. The van der Waals surface area contributed by atoms with Gasteiger partial charge < -0.3 is 25.9 Å². The van der Waals surface area contributed by atoms with Gasteiger partial charge in [0.05, 0.1) is 22.2 Å². The first-order chi connectivity index (χ1) is 19.8. The predicted octanol–water partition coefficient (Wildman–Crippen LogP) is 4.21. The molecule has 1 aliphatic rings. The molecule has 0 saturated carbocycles. The maximum absolute atomic E-state index is 16.2. The molecule has 6 N–H and O–H groups in total. The number of nitrogens with two attached hydrogens (primary N) is 1. The van der Waals surface area contributed by atoms with E-state index in [-0.39, 0.29) is 17.5 Å². The molecule has 2 aromatic heterocycles. The van der Waals surface area contributed by atoms with Gasteiger partial charge in [-0.2, -0.15) is 0 Å². The molecule has 1 aliphatic carbocycles. The lowest BCUT2D eigenvalue weighted by Gasteiger charge is -2.34. The van der Waals surface area contributed by atoms with Crippen LogP contribution in [0.3, 0.4) is 0 Å². The van der Waals surface area contributed by atoms with E-state index in [1.165, 1.54) is 6.07 Å². The van der Waals surface area contributed by atoms with Crippen LogP contribution in [0.2, 0.25) is 0 Å². The summed E-state index contributed by atoms with van der Waals surface area (Å²) in [4.78, 5) is 32.1. The van der Waals surface area contributed by atoms with Crippen LogP contribution in [0.4, 0.5) is 13.2 Å². The van der Waals surface area contributed by atoms with Crippen molar-refractivity contribution in [3.05, 3.63) is 109 Å². The van der Waals surface area contributed by atoms with Crippen LogP contribution in [-0.2, 0) is 5.60 Å². The van der Waals surface area contributed by atoms with Gasteiger partial charge in [-0.3, -0.25) is 4.79 Å². The zero-order valence-corrected chi connectivity index (χ0v) is 23.0. The van der Waals surface area contributed by atoms with Gasteiger partial charge in [0.25, 0.3) is 5.56 Å². The van der Waals surface area contributed by atoms with Gasteiger partial charge in [0, 0.05) is 34.5 Å². The zero-order chi connectivity index (χ0) is 30.2. The lowest BCUT2D eigenvalue weighted by Crippen LogP contribution is -2.37. The van der Waals surface area contributed by atoms with Crippen LogP contribution >= 0.6 is 0 Å². The van der Waals surface area contributed by atoms with Gasteiger partial charge in [0.2, 0.25) is 0 Å². The standard InChI is InChI=1S/C31H29F3N4O4/c1-13-16(5-4-6-23(13)38-29(40)19-10-15(32)11-21(34)26(19)37-30(38)41)24-20(33)12-18(28(35)39)27-25(24)17-8-7-14(31(2,3)42)9-22(17)36-27/h4-11,18,20,24,28,36,39,42H,12,35H2,1-3H3,(H,37,41). The number of alkyl halides is 1. The molecule has 0 fully saturated rings. The number of H-pyrrole nitrogens is 2. The molecule has 0 bridgehead atoms. The van der Waals surface area contributed by atoms with Crippen LogP contribution in [0.15, 0.2) is 58.1 Å². The van der Waals surface area contributed by atoms with Crippen molar-refractivity contribution in [1.82, 2.24) is 14.5 Å². The molecule has 11 heteroatoms. The van der Waals surface area contributed by atoms with Crippen molar-refractivity contribution in [3.63, 3.8) is 0 Å². The largest absolute Gasteiger partial charge is 0.386 e. The number of rotatable bonds is 4. The second-order valence-electron chi connectivity index (χ2n) is 11.5. The summed E-state index contributed by atoms with van der Waals surface area (Å²) < 4.78 is 45.3. The Morgan fingerprint density at radius 2 is 1.81 bits per heavy atom. The normalized spacial score (nSPS) is 19.8. The van der Waals surface area contributed by atoms with Crippen molar-refractivity contribution < 1.29 is 23.4 Å². The van der Waals surface area contributed by atoms with Crippen molar-refractivity contribution in [3.8, 4) is 5.69 Å². The van der Waals surface area contributed by atoms with Gasteiger partial charge in [0.15, 0.2) is 5.82 Å². The van der Waals surface area contributed by atoms with Crippen molar-refractivity contribution >= 4 is 21.8 Å². The number of hydrogen-bond donors (Lipinski definition) is 5. The van der Waals surface area contributed by atoms with Gasteiger partial charge in [-0.05, 0) is 67.6 Å². The second-order valence-corrected chi connectivity index (χ2v) is 11.5.